The van der Waals surface area contributed by atoms with Crippen molar-refractivity contribution in [1.82, 2.24) is 24.9 Å². The number of hydrogen-bond donors (Lipinski definition) is 1. The van der Waals surface area contributed by atoms with Crippen molar-refractivity contribution in [3.63, 3.8) is 0 Å². The van der Waals surface area contributed by atoms with Crippen LogP contribution in [0.1, 0.15) is 33.2 Å². The van der Waals surface area contributed by atoms with Crippen LogP contribution in [0.5, 0.6) is 0 Å². The lowest BCUT2D eigenvalue weighted by atomic mass is 10.1. The van der Waals surface area contributed by atoms with Crippen LogP contribution in [0.4, 0.5) is 0 Å². The van der Waals surface area contributed by atoms with Crippen LogP contribution >= 0.6 is 0 Å². The first-order chi connectivity index (χ1) is 14.4. The van der Waals surface area contributed by atoms with E-state index in [0.29, 0.717) is 16.6 Å². The predicted octanol–water partition coefficient (Wildman–Crippen LogP) is 2.40. The Kier molecular flexibility index (Phi) is 4.78. The maximum absolute atomic E-state index is 12.7. The number of nitrogens with zero attached hydrogens (tertiary/aromatic N) is 5. The number of aromatic nitrogens is 4. The molecule has 0 saturated heterocycles. The zero-order chi connectivity index (χ0) is 21.4. The number of benzene rings is 1. The number of rotatable bonds is 4. The third-order valence-corrected chi connectivity index (χ3v) is 4.86. The second-order valence-corrected chi connectivity index (χ2v) is 6.98. The van der Waals surface area contributed by atoms with Crippen LogP contribution in [0.2, 0.25) is 0 Å². The van der Waals surface area contributed by atoms with E-state index in [1.165, 1.54) is 7.05 Å². The molecule has 0 unspecified atom stereocenters. The Labute approximate surface area is 171 Å². The van der Waals surface area contributed by atoms with Crippen molar-refractivity contribution in [2.24, 2.45) is 12.1 Å². The summed E-state index contributed by atoms with van der Waals surface area (Å²) in [6.45, 7) is 5.72. The second-order valence-electron chi connectivity index (χ2n) is 6.98. The van der Waals surface area contributed by atoms with Gasteiger partial charge in [0.25, 0.3) is 11.5 Å². The van der Waals surface area contributed by atoms with Gasteiger partial charge in [-0.1, -0.05) is 23.4 Å². The van der Waals surface area contributed by atoms with E-state index in [2.05, 4.69) is 20.8 Å². The predicted molar refractivity (Wildman–Crippen MR) is 112 cm³/mol. The first-order valence-electron chi connectivity index (χ1n) is 9.29. The minimum Gasteiger partial charge on any atom is -0.360 e. The van der Waals surface area contributed by atoms with Crippen LogP contribution in [0.15, 0.2) is 50.8 Å². The molecule has 0 aliphatic heterocycles. The highest BCUT2D eigenvalue weighted by molar-refractivity contribution is 6.05. The highest BCUT2D eigenvalue weighted by Gasteiger charge is 2.16. The molecule has 0 aliphatic carbocycles. The number of aryl methyl sites for hydroxylation is 3. The summed E-state index contributed by atoms with van der Waals surface area (Å²) in [5.41, 5.74) is 5.06. The molecule has 0 atom stereocenters. The van der Waals surface area contributed by atoms with Crippen LogP contribution in [0.25, 0.3) is 16.6 Å². The van der Waals surface area contributed by atoms with Crippen molar-refractivity contribution in [2.75, 3.05) is 0 Å². The molecule has 0 fully saturated rings. The van der Waals surface area contributed by atoms with Crippen LogP contribution in [0.3, 0.4) is 0 Å². The quantitative estimate of drug-likeness (QED) is 0.415. The molecule has 30 heavy (non-hydrogen) atoms. The Balaban J connectivity index is 1.61. The summed E-state index contributed by atoms with van der Waals surface area (Å²) in [7, 11) is 1.51. The molecule has 1 amide bonds. The van der Waals surface area contributed by atoms with Crippen molar-refractivity contribution in [2.45, 2.75) is 20.8 Å². The molecule has 3 aromatic heterocycles. The van der Waals surface area contributed by atoms with Gasteiger partial charge in [-0.25, -0.2) is 10.1 Å². The summed E-state index contributed by atoms with van der Waals surface area (Å²) in [5.74, 6) is 0.906. The van der Waals surface area contributed by atoms with E-state index in [1.54, 1.807) is 30.5 Å². The van der Waals surface area contributed by atoms with Gasteiger partial charge in [-0.05, 0) is 32.9 Å². The number of carbonyl (C=O) groups excluding carboxylic acids is 1. The topological polar surface area (TPSA) is 107 Å². The molecule has 9 nitrogen and oxygen atoms in total. The molecular formula is C21H20N6O3. The van der Waals surface area contributed by atoms with Gasteiger partial charge in [0.1, 0.15) is 5.76 Å². The van der Waals surface area contributed by atoms with Crippen LogP contribution in [-0.2, 0) is 7.05 Å². The van der Waals surface area contributed by atoms with Gasteiger partial charge in [-0.15, -0.1) is 0 Å². The summed E-state index contributed by atoms with van der Waals surface area (Å²) >= 11 is 0. The van der Waals surface area contributed by atoms with Crippen LogP contribution < -0.4 is 11.0 Å². The van der Waals surface area contributed by atoms with E-state index < -0.39 is 5.91 Å². The molecule has 152 valence electrons. The Bertz CT molecular complexity index is 1360. The molecule has 9 heteroatoms. The van der Waals surface area contributed by atoms with Crippen LogP contribution in [0, 0.1) is 20.8 Å². The largest absolute Gasteiger partial charge is 0.360 e. The number of fused-ring (bicyclic) bond motifs is 1. The lowest BCUT2D eigenvalue weighted by Gasteiger charge is -2.06. The van der Waals surface area contributed by atoms with Crippen LogP contribution in [-0.4, -0.2) is 31.6 Å². The standard InChI is InChI=1S/C21H20N6O3/c1-12-9-15(14(3)27(12)18-10-13(2)30-25-18)11-22-23-20(28)19-16-7-5-6-8-17(16)21(29)26(4)24-19/h5-11H,1-4H3,(H,23,28)/b22-11-. The molecule has 4 aromatic rings. The highest BCUT2D eigenvalue weighted by Crippen LogP contribution is 2.19. The molecule has 1 aromatic carbocycles. The Morgan fingerprint density at radius 3 is 2.60 bits per heavy atom. The average molecular weight is 404 g/mol. The van der Waals surface area contributed by atoms with Crippen molar-refractivity contribution in [1.29, 1.82) is 0 Å². The molecular weight excluding hydrogens is 384 g/mol. The lowest BCUT2D eigenvalue weighted by Crippen LogP contribution is -2.27. The highest BCUT2D eigenvalue weighted by atomic mass is 16.5. The Hall–Kier alpha value is -4.01. The average Bonchev–Trinajstić information content (AvgIpc) is 3.26. The van der Waals surface area contributed by atoms with Crippen molar-refractivity contribution in [3.05, 3.63) is 75.2 Å². The third kappa shape index (κ3) is 3.30. The summed E-state index contributed by atoms with van der Waals surface area (Å²) in [6.07, 6.45) is 1.56. The smallest absolute Gasteiger partial charge is 0.292 e. The molecule has 4 rings (SSSR count). The van der Waals surface area contributed by atoms with E-state index >= 15 is 0 Å². The van der Waals surface area contributed by atoms with Gasteiger partial charge in [0, 0.05) is 35.5 Å². The van der Waals surface area contributed by atoms with Gasteiger partial charge in [-0.2, -0.15) is 10.2 Å². The number of hydrazone groups is 1. The van der Waals surface area contributed by atoms with Gasteiger partial charge in [-0.3, -0.25) is 14.2 Å². The SMILES string of the molecule is Cc1cc(-n2c(C)cc(/C=N\NC(=O)c3nn(C)c(=O)c4ccccc34)c2C)no1. The summed E-state index contributed by atoms with van der Waals surface area (Å²) in [6, 6.07) is 10.6. The maximum atomic E-state index is 12.7. The zero-order valence-electron chi connectivity index (χ0n) is 17.0. The fourth-order valence-corrected chi connectivity index (χ4v) is 3.41. The molecule has 0 spiro atoms. The Morgan fingerprint density at radius 2 is 1.90 bits per heavy atom. The molecule has 0 saturated carbocycles. The molecule has 0 bridgehead atoms. The monoisotopic (exact) mass is 404 g/mol. The summed E-state index contributed by atoms with van der Waals surface area (Å²) in [4.78, 5) is 24.9. The number of amides is 1. The van der Waals surface area contributed by atoms with Gasteiger partial charge < -0.3 is 4.52 Å². The molecule has 3 heterocycles. The normalized spacial score (nSPS) is 11.5. The van der Waals surface area contributed by atoms with Gasteiger partial charge >= 0.3 is 0 Å². The van der Waals surface area contributed by atoms with Crippen molar-refractivity contribution in [3.8, 4) is 5.82 Å². The first kappa shape index (κ1) is 19.3. The third-order valence-electron chi connectivity index (χ3n) is 4.86. The molecule has 0 radical (unpaired) electrons. The minimum atomic E-state index is -0.501. The van der Waals surface area contributed by atoms with E-state index in [0.717, 1.165) is 27.4 Å². The number of carbonyl (C=O) groups is 1. The van der Waals surface area contributed by atoms with Gasteiger partial charge in [0.15, 0.2) is 11.5 Å². The molecule has 0 aliphatic rings. The Morgan fingerprint density at radius 1 is 1.17 bits per heavy atom. The van der Waals surface area contributed by atoms with E-state index in [4.69, 9.17) is 4.52 Å². The zero-order valence-corrected chi connectivity index (χ0v) is 17.0. The van der Waals surface area contributed by atoms with Gasteiger partial charge in [0.2, 0.25) is 0 Å². The fourth-order valence-electron chi connectivity index (χ4n) is 3.41. The summed E-state index contributed by atoms with van der Waals surface area (Å²) < 4.78 is 8.25. The van der Waals surface area contributed by atoms with E-state index in [9.17, 15) is 9.59 Å². The maximum Gasteiger partial charge on any atom is 0.292 e. The van der Waals surface area contributed by atoms with E-state index in [-0.39, 0.29) is 11.3 Å². The number of nitrogens with one attached hydrogen (secondary N) is 1. The van der Waals surface area contributed by atoms with Crippen molar-refractivity contribution < 1.29 is 9.32 Å². The van der Waals surface area contributed by atoms with Crippen molar-refractivity contribution >= 4 is 22.9 Å². The van der Waals surface area contributed by atoms with E-state index in [1.807, 2.05) is 37.5 Å². The number of hydrogen-bond acceptors (Lipinski definition) is 6. The first-order valence-corrected chi connectivity index (χ1v) is 9.29. The lowest BCUT2D eigenvalue weighted by molar-refractivity contribution is 0.0950. The molecule has 1 N–H and O–H groups in total. The summed E-state index contributed by atoms with van der Waals surface area (Å²) in [5, 5.41) is 13.1. The fraction of sp³-hybridized carbons (Fsp3) is 0.190. The van der Waals surface area contributed by atoms with Gasteiger partial charge in [0.05, 0.1) is 11.6 Å². The second kappa shape index (κ2) is 7.43. The minimum absolute atomic E-state index is 0.133.